The second-order valence-electron chi connectivity index (χ2n) is 8.65. The van der Waals surface area contributed by atoms with Gasteiger partial charge in [-0.1, -0.05) is 110 Å². The maximum Gasteiger partial charge on any atom is 0.344 e. The van der Waals surface area contributed by atoms with Gasteiger partial charge in [-0.25, -0.2) is 4.79 Å². The molecule has 0 aliphatic rings. The SMILES string of the molecule is C=Cc1c(-c2ccccc2-c2cccc(OCC(=O)OCC)c2)oc(-c2ccccc2)c1-c1ccccc1. The Balaban J connectivity index is 1.64. The van der Waals surface area contributed by atoms with Crippen LogP contribution in [0.25, 0.3) is 51.0 Å². The molecule has 1 heterocycles. The van der Waals surface area contributed by atoms with E-state index in [0.29, 0.717) is 12.4 Å². The first kappa shape index (κ1) is 24.8. The number of rotatable bonds is 9. The molecular weight excluding hydrogens is 472 g/mol. The van der Waals surface area contributed by atoms with Crippen molar-refractivity contribution in [2.45, 2.75) is 6.92 Å². The van der Waals surface area contributed by atoms with E-state index in [9.17, 15) is 4.79 Å². The Morgan fingerprint density at radius 1 is 0.763 bits per heavy atom. The number of hydrogen-bond acceptors (Lipinski definition) is 4. The number of benzene rings is 4. The van der Waals surface area contributed by atoms with Gasteiger partial charge < -0.3 is 13.9 Å². The molecule has 0 unspecified atom stereocenters. The number of carbonyl (C=O) groups excluding carboxylic acids is 1. The molecule has 4 aromatic carbocycles. The largest absolute Gasteiger partial charge is 0.482 e. The second-order valence-corrected chi connectivity index (χ2v) is 8.65. The molecule has 5 aromatic rings. The molecule has 0 amide bonds. The number of furan rings is 1. The van der Waals surface area contributed by atoms with Crippen LogP contribution in [0.1, 0.15) is 12.5 Å². The van der Waals surface area contributed by atoms with Gasteiger partial charge in [0, 0.05) is 22.3 Å². The average molecular weight is 501 g/mol. The van der Waals surface area contributed by atoms with Crippen LogP contribution in [0, 0.1) is 0 Å². The summed E-state index contributed by atoms with van der Waals surface area (Å²) in [4.78, 5) is 11.8. The van der Waals surface area contributed by atoms with Crippen molar-refractivity contribution in [1.82, 2.24) is 0 Å². The van der Waals surface area contributed by atoms with Crippen LogP contribution in [0.2, 0.25) is 0 Å². The van der Waals surface area contributed by atoms with E-state index in [2.05, 4.69) is 43.0 Å². The van der Waals surface area contributed by atoms with E-state index in [4.69, 9.17) is 13.9 Å². The van der Waals surface area contributed by atoms with Gasteiger partial charge in [-0.15, -0.1) is 0 Å². The van der Waals surface area contributed by atoms with Crippen LogP contribution in [0.3, 0.4) is 0 Å². The average Bonchev–Trinajstić information content (AvgIpc) is 3.37. The van der Waals surface area contributed by atoms with Crippen LogP contribution in [0.15, 0.2) is 120 Å². The Hall–Kier alpha value is -4.83. The molecule has 4 nitrogen and oxygen atoms in total. The normalized spacial score (nSPS) is 10.7. The predicted octanol–water partition coefficient (Wildman–Crippen LogP) is 8.53. The summed E-state index contributed by atoms with van der Waals surface area (Å²) in [6.45, 7) is 6.11. The van der Waals surface area contributed by atoms with Gasteiger partial charge in [0.2, 0.25) is 0 Å². The van der Waals surface area contributed by atoms with Crippen molar-refractivity contribution in [3.8, 4) is 50.7 Å². The fourth-order valence-corrected chi connectivity index (χ4v) is 4.55. The summed E-state index contributed by atoms with van der Waals surface area (Å²) in [5, 5.41) is 0. The van der Waals surface area contributed by atoms with Gasteiger partial charge in [0.1, 0.15) is 17.3 Å². The lowest BCUT2D eigenvalue weighted by Gasteiger charge is -2.11. The van der Waals surface area contributed by atoms with E-state index >= 15 is 0 Å². The molecule has 0 saturated heterocycles. The van der Waals surface area contributed by atoms with Crippen molar-refractivity contribution in [1.29, 1.82) is 0 Å². The zero-order chi connectivity index (χ0) is 26.3. The summed E-state index contributed by atoms with van der Waals surface area (Å²) in [7, 11) is 0. The molecule has 0 spiro atoms. The lowest BCUT2D eigenvalue weighted by atomic mass is 9.92. The summed E-state index contributed by atoms with van der Waals surface area (Å²) >= 11 is 0. The van der Waals surface area contributed by atoms with Crippen LogP contribution in [0.5, 0.6) is 5.75 Å². The highest BCUT2D eigenvalue weighted by molar-refractivity contribution is 5.95. The predicted molar refractivity (Wildman–Crippen MR) is 153 cm³/mol. The summed E-state index contributed by atoms with van der Waals surface area (Å²) in [5.41, 5.74) is 6.83. The van der Waals surface area contributed by atoms with Crippen LogP contribution in [-0.2, 0) is 9.53 Å². The summed E-state index contributed by atoms with van der Waals surface area (Å²) in [6, 6.07) is 36.1. The molecule has 4 heteroatoms. The van der Waals surface area contributed by atoms with Crippen molar-refractivity contribution < 1.29 is 18.7 Å². The minimum absolute atomic E-state index is 0.140. The minimum Gasteiger partial charge on any atom is -0.482 e. The first-order valence-electron chi connectivity index (χ1n) is 12.6. The molecule has 0 aliphatic heterocycles. The maximum absolute atomic E-state index is 11.8. The third-order valence-corrected chi connectivity index (χ3v) is 6.23. The topological polar surface area (TPSA) is 48.7 Å². The standard InChI is InChI=1S/C34H28O4/c1-3-28-32(24-14-7-5-8-15-24)33(25-16-9-6-10-17-25)38-34(28)30-21-12-11-20-29(30)26-18-13-19-27(22-26)37-23-31(35)36-4-2/h3,5-22H,1,4,23H2,2H3. The van der Waals surface area contributed by atoms with Gasteiger partial charge in [0.15, 0.2) is 6.61 Å². The third-order valence-electron chi connectivity index (χ3n) is 6.23. The van der Waals surface area contributed by atoms with Crippen molar-refractivity contribution in [3.63, 3.8) is 0 Å². The number of hydrogen-bond donors (Lipinski definition) is 0. The van der Waals surface area contributed by atoms with Gasteiger partial charge in [-0.2, -0.15) is 0 Å². The monoisotopic (exact) mass is 500 g/mol. The molecule has 0 saturated carbocycles. The third kappa shape index (κ3) is 5.16. The van der Waals surface area contributed by atoms with Crippen LogP contribution < -0.4 is 4.74 Å². The number of carbonyl (C=O) groups is 1. The van der Waals surface area contributed by atoms with Gasteiger partial charge in [-0.05, 0) is 35.7 Å². The van der Waals surface area contributed by atoms with Crippen molar-refractivity contribution in [2.24, 2.45) is 0 Å². The molecular formula is C34H28O4. The van der Waals surface area contributed by atoms with Crippen LogP contribution in [-0.4, -0.2) is 19.2 Å². The van der Waals surface area contributed by atoms with Crippen molar-refractivity contribution >= 4 is 12.0 Å². The van der Waals surface area contributed by atoms with E-state index in [1.54, 1.807) is 6.92 Å². The van der Waals surface area contributed by atoms with E-state index in [1.807, 2.05) is 78.9 Å². The van der Waals surface area contributed by atoms with E-state index in [0.717, 1.165) is 50.5 Å². The van der Waals surface area contributed by atoms with E-state index < -0.39 is 5.97 Å². The molecule has 5 rings (SSSR count). The lowest BCUT2D eigenvalue weighted by Crippen LogP contribution is -2.14. The zero-order valence-electron chi connectivity index (χ0n) is 21.2. The lowest BCUT2D eigenvalue weighted by molar-refractivity contribution is -0.145. The van der Waals surface area contributed by atoms with Crippen molar-refractivity contribution in [3.05, 3.63) is 121 Å². The quantitative estimate of drug-likeness (QED) is 0.190. The molecule has 0 N–H and O–H groups in total. The molecule has 0 bridgehead atoms. The van der Waals surface area contributed by atoms with Gasteiger partial charge in [0.05, 0.1) is 6.61 Å². The fraction of sp³-hybridized carbons (Fsp3) is 0.0882. The smallest absolute Gasteiger partial charge is 0.344 e. The van der Waals surface area contributed by atoms with E-state index in [1.165, 1.54) is 0 Å². The second kappa shape index (κ2) is 11.5. The highest BCUT2D eigenvalue weighted by Gasteiger charge is 2.23. The Labute approximate surface area is 222 Å². The Morgan fingerprint density at radius 2 is 1.39 bits per heavy atom. The molecule has 0 fully saturated rings. The Kier molecular flexibility index (Phi) is 7.51. The first-order valence-corrected chi connectivity index (χ1v) is 12.6. The highest BCUT2D eigenvalue weighted by atomic mass is 16.6. The zero-order valence-corrected chi connectivity index (χ0v) is 21.2. The molecule has 1 aromatic heterocycles. The molecule has 38 heavy (non-hydrogen) atoms. The van der Waals surface area contributed by atoms with E-state index in [-0.39, 0.29) is 6.61 Å². The number of esters is 1. The highest BCUT2D eigenvalue weighted by Crippen LogP contribution is 2.46. The number of ether oxygens (including phenoxy) is 2. The van der Waals surface area contributed by atoms with Gasteiger partial charge in [-0.3, -0.25) is 0 Å². The summed E-state index contributed by atoms with van der Waals surface area (Å²) in [5.74, 6) is 1.73. The molecule has 188 valence electrons. The van der Waals surface area contributed by atoms with Crippen LogP contribution in [0.4, 0.5) is 0 Å². The Bertz CT molecular complexity index is 1550. The minimum atomic E-state index is -0.397. The molecule has 0 aliphatic carbocycles. The van der Waals surface area contributed by atoms with Gasteiger partial charge >= 0.3 is 5.97 Å². The van der Waals surface area contributed by atoms with Gasteiger partial charge in [0.25, 0.3) is 0 Å². The summed E-state index contributed by atoms with van der Waals surface area (Å²) in [6.07, 6.45) is 1.86. The first-order chi connectivity index (χ1) is 18.7. The molecule has 0 atom stereocenters. The molecule has 0 radical (unpaired) electrons. The Morgan fingerprint density at radius 3 is 2.08 bits per heavy atom. The van der Waals surface area contributed by atoms with Crippen LogP contribution >= 0.6 is 0 Å². The van der Waals surface area contributed by atoms with Crippen molar-refractivity contribution in [2.75, 3.05) is 13.2 Å². The summed E-state index contributed by atoms with van der Waals surface area (Å²) < 4.78 is 17.4. The maximum atomic E-state index is 11.8. The fourth-order valence-electron chi connectivity index (χ4n) is 4.55.